The highest BCUT2D eigenvalue weighted by molar-refractivity contribution is 7.71. The van der Waals surface area contributed by atoms with E-state index in [1.807, 2.05) is 0 Å². The number of nitrogens with zero attached hydrogens (tertiary/aromatic N) is 2. The number of halogens is 3. The van der Waals surface area contributed by atoms with Gasteiger partial charge in [0.25, 0.3) is 0 Å². The van der Waals surface area contributed by atoms with E-state index in [4.69, 9.17) is 17.0 Å². The summed E-state index contributed by atoms with van der Waals surface area (Å²) >= 11 is 5.25. The number of hydrogen-bond donors (Lipinski definition) is 1. The average molecular weight is 367 g/mol. The second kappa shape index (κ2) is 6.60. The molecule has 9 heteroatoms. The number of hydrogen-bond acceptors (Lipinski definition) is 4. The molecule has 0 aliphatic heterocycles. The van der Waals surface area contributed by atoms with Crippen molar-refractivity contribution in [1.29, 1.82) is 0 Å². The molecule has 0 bridgehead atoms. The fourth-order valence-electron chi connectivity index (χ4n) is 2.27. The van der Waals surface area contributed by atoms with Crippen molar-refractivity contribution in [3.05, 3.63) is 53.3 Å². The summed E-state index contributed by atoms with van der Waals surface area (Å²) in [6.07, 6.45) is -4.73. The number of benzene rings is 2. The smallest absolute Gasteiger partial charge is 0.497 e. The Bertz CT molecular complexity index is 916. The summed E-state index contributed by atoms with van der Waals surface area (Å²) in [5.74, 6) is 0.851. The lowest BCUT2D eigenvalue weighted by atomic mass is 10.2. The van der Waals surface area contributed by atoms with Gasteiger partial charge >= 0.3 is 6.36 Å². The lowest BCUT2D eigenvalue weighted by Crippen LogP contribution is -2.16. The van der Waals surface area contributed by atoms with Crippen molar-refractivity contribution in [3.8, 4) is 28.6 Å². The van der Waals surface area contributed by atoms with Gasteiger partial charge in [-0.05, 0) is 60.7 Å². The van der Waals surface area contributed by atoms with Crippen molar-refractivity contribution in [3.63, 3.8) is 0 Å². The predicted octanol–water partition coefficient (Wildman–Crippen LogP) is 4.50. The number of H-pyrrole nitrogens is 1. The molecule has 1 heterocycles. The quantitative estimate of drug-likeness (QED) is 0.690. The van der Waals surface area contributed by atoms with Gasteiger partial charge in [-0.25, -0.2) is 0 Å². The maximum atomic E-state index is 12.2. The van der Waals surface area contributed by atoms with E-state index in [1.165, 1.54) is 24.3 Å². The third-order valence-corrected chi connectivity index (χ3v) is 3.62. The van der Waals surface area contributed by atoms with Gasteiger partial charge in [0.1, 0.15) is 11.5 Å². The minimum absolute atomic E-state index is 0.304. The van der Waals surface area contributed by atoms with E-state index in [0.717, 1.165) is 5.69 Å². The summed E-state index contributed by atoms with van der Waals surface area (Å²) < 4.78 is 47.8. The van der Waals surface area contributed by atoms with Gasteiger partial charge in [0, 0.05) is 5.56 Å². The van der Waals surface area contributed by atoms with Crippen molar-refractivity contribution in [2.24, 2.45) is 0 Å². The highest BCUT2D eigenvalue weighted by atomic mass is 32.1. The lowest BCUT2D eigenvalue weighted by Gasteiger charge is -2.10. The molecule has 1 N–H and O–H groups in total. The first-order chi connectivity index (χ1) is 11.9. The predicted molar refractivity (Wildman–Crippen MR) is 87.4 cm³/mol. The monoisotopic (exact) mass is 367 g/mol. The summed E-state index contributed by atoms with van der Waals surface area (Å²) in [7, 11) is 1.56. The van der Waals surface area contributed by atoms with Crippen LogP contribution >= 0.6 is 12.2 Å². The maximum absolute atomic E-state index is 12.2. The van der Waals surface area contributed by atoms with Gasteiger partial charge in [-0.1, -0.05) is 0 Å². The Hall–Kier alpha value is -2.81. The molecule has 0 unspecified atom stereocenters. The fraction of sp³-hybridized carbons (Fsp3) is 0.125. The van der Waals surface area contributed by atoms with Crippen LogP contribution in [0.5, 0.6) is 11.5 Å². The highest BCUT2D eigenvalue weighted by Crippen LogP contribution is 2.27. The van der Waals surface area contributed by atoms with E-state index in [1.54, 1.807) is 35.9 Å². The van der Waals surface area contributed by atoms with Crippen LogP contribution in [0.1, 0.15) is 0 Å². The van der Waals surface area contributed by atoms with Crippen molar-refractivity contribution in [2.75, 3.05) is 7.11 Å². The van der Waals surface area contributed by atoms with E-state index < -0.39 is 6.36 Å². The van der Waals surface area contributed by atoms with Crippen molar-refractivity contribution in [1.82, 2.24) is 14.8 Å². The molecule has 0 aliphatic rings. The van der Waals surface area contributed by atoms with Crippen LogP contribution in [0.3, 0.4) is 0 Å². The van der Waals surface area contributed by atoms with Crippen LogP contribution in [0.15, 0.2) is 48.5 Å². The number of alkyl halides is 3. The summed E-state index contributed by atoms with van der Waals surface area (Å²) in [5.41, 5.74) is 1.32. The molecular weight excluding hydrogens is 355 g/mol. The van der Waals surface area contributed by atoms with E-state index in [0.29, 0.717) is 21.9 Å². The van der Waals surface area contributed by atoms with E-state index in [-0.39, 0.29) is 5.75 Å². The maximum Gasteiger partial charge on any atom is 0.573 e. The number of aromatic amines is 1. The van der Waals surface area contributed by atoms with Gasteiger partial charge in [-0.15, -0.1) is 13.2 Å². The Balaban J connectivity index is 1.97. The number of nitrogens with one attached hydrogen (secondary N) is 1. The topological polar surface area (TPSA) is 52.1 Å². The normalized spacial score (nSPS) is 11.4. The van der Waals surface area contributed by atoms with Gasteiger partial charge < -0.3 is 9.47 Å². The number of ether oxygens (including phenoxy) is 2. The van der Waals surface area contributed by atoms with Crippen LogP contribution in [0.4, 0.5) is 13.2 Å². The first-order valence-electron chi connectivity index (χ1n) is 7.05. The zero-order chi connectivity index (χ0) is 18.0. The van der Waals surface area contributed by atoms with Crippen LogP contribution in [-0.2, 0) is 0 Å². The third kappa shape index (κ3) is 3.82. The second-order valence-electron chi connectivity index (χ2n) is 4.96. The van der Waals surface area contributed by atoms with Crippen LogP contribution in [0, 0.1) is 4.77 Å². The second-order valence-corrected chi connectivity index (χ2v) is 5.34. The summed E-state index contributed by atoms with van der Waals surface area (Å²) in [5, 5.41) is 6.85. The zero-order valence-corrected chi connectivity index (χ0v) is 13.7. The molecule has 1 aromatic heterocycles. The first kappa shape index (κ1) is 17.0. The molecule has 2 aromatic carbocycles. The fourth-order valence-corrected chi connectivity index (χ4v) is 2.50. The molecular formula is C16H12F3N3O2S. The molecule has 3 aromatic rings. The molecule has 0 radical (unpaired) electrons. The number of aromatic nitrogens is 3. The lowest BCUT2D eigenvalue weighted by molar-refractivity contribution is -0.274. The summed E-state index contributed by atoms with van der Waals surface area (Å²) in [4.78, 5) is 0. The van der Waals surface area contributed by atoms with E-state index in [9.17, 15) is 13.2 Å². The van der Waals surface area contributed by atoms with Crippen LogP contribution < -0.4 is 9.47 Å². The standard InChI is InChI=1S/C16H12F3N3O2S/c1-23-12-8-4-11(5-9-12)22-14(20-21-15(22)25)10-2-6-13(7-3-10)24-16(17,18)19/h2-9H,1H3,(H,21,25). The molecule has 0 spiro atoms. The zero-order valence-electron chi connectivity index (χ0n) is 12.9. The molecule has 0 fully saturated rings. The Morgan fingerprint density at radius 2 is 1.60 bits per heavy atom. The van der Waals surface area contributed by atoms with Crippen molar-refractivity contribution in [2.45, 2.75) is 6.36 Å². The highest BCUT2D eigenvalue weighted by Gasteiger charge is 2.31. The van der Waals surface area contributed by atoms with Gasteiger partial charge in [-0.3, -0.25) is 9.67 Å². The SMILES string of the molecule is COc1ccc(-n2c(-c3ccc(OC(F)(F)F)cc3)n[nH]c2=S)cc1. The largest absolute Gasteiger partial charge is 0.573 e. The Morgan fingerprint density at radius 3 is 2.16 bits per heavy atom. The first-order valence-corrected chi connectivity index (χ1v) is 7.46. The van der Waals surface area contributed by atoms with Crippen LogP contribution in [-0.4, -0.2) is 28.2 Å². The molecule has 0 aliphatic carbocycles. The Kier molecular flexibility index (Phi) is 4.49. The Labute approximate surface area is 145 Å². The molecule has 0 saturated carbocycles. The van der Waals surface area contributed by atoms with Crippen LogP contribution in [0.2, 0.25) is 0 Å². The minimum atomic E-state index is -4.73. The molecule has 25 heavy (non-hydrogen) atoms. The van der Waals surface area contributed by atoms with Gasteiger partial charge in [0.05, 0.1) is 12.8 Å². The molecule has 5 nitrogen and oxygen atoms in total. The van der Waals surface area contributed by atoms with Gasteiger partial charge in [-0.2, -0.15) is 5.10 Å². The van der Waals surface area contributed by atoms with Crippen molar-refractivity contribution >= 4 is 12.2 Å². The molecule has 130 valence electrons. The van der Waals surface area contributed by atoms with E-state index in [2.05, 4.69) is 14.9 Å². The summed E-state index contributed by atoms with van der Waals surface area (Å²) in [6, 6.07) is 12.5. The summed E-state index contributed by atoms with van der Waals surface area (Å²) in [6.45, 7) is 0. The molecule has 0 atom stereocenters. The van der Waals surface area contributed by atoms with Gasteiger partial charge in [0.15, 0.2) is 10.6 Å². The molecule has 0 amide bonds. The number of rotatable bonds is 4. The Morgan fingerprint density at radius 1 is 1.00 bits per heavy atom. The third-order valence-electron chi connectivity index (χ3n) is 3.35. The number of methoxy groups -OCH3 is 1. The average Bonchev–Trinajstić information content (AvgIpc) is 2.96. The molecule has 0 saturated heterocycles. The van der Waals surface area contributed by atoms with Crippen LogP contribution in [0.25, 0.3) is 17.1 Å². The van der Waals surface area contributed by atoms with E-state index >= 15 is 0 Å². The van der Waals surface area contributed by atoms with Crippen molar-refractivity contribution < 1.29 is 22.6 Å². The molecule has 3 rings (SSSR count). The minimum Gasteiger partial charge on any atom is -0.497 e. The van der Waals surface area contributed by atoms with Gasteiger partial charge in [0.2, 0.25) is 0 Å².